The summed E-state index contributed by atoms with van der Waals surface area (Å²) in [5.41, 5.74) is 2.92. The highest BCUT2D eigenvalue weighted by Crippen LogP contribution is 2.15. The van der Waals surface area contributed by atoms with E-state index in [1.165, 1.54) is 36.8 Å². The molecule has 0 heterocycles. The van der Waals surface area contributed by atoms with Crippen LogP contribution in [0.5, 0.6) is 0 Å². The fraction of sp³-hybridized carbons (Fsp3) is 0.625. The Labute approximate surface area is 107 Å². The van der Waals surface area contributed by atoms with Gasteiger partial charge in [0.05, 0.1) is 0 Å². The smallest absolute Gasteiger partial charge is 0.00488 e. The fourth-order valence-corrected chi connectivity index (χ4v) is 1.95. The molecule has 1 nitrogen and oxygen atoms in total. The Balaban J connectivity index is 2.19. The lowest BCUT2D eigenvalue weighted by Crippen LogP contribution is -2.15. The van der Waals surface area contributed by atoms with Crippen LogP contribution in [0.2, 0.25) is 0 Å². The van der Waals surface area contributed by atoms with Crippen LogP contribution in [0.4, 0.5) is 0 Å². The molecular weight excluding hydrogens is 206 g/mol. The quantitative estimate of drug-likeness (QED) is 0.666. The summed E-state index contributed by atoms with van der Waals surface area (Å²) >= 11 is 0. The van der Waals surface area contributed by atoms with Gasteiger partial charge in [-0.2, -0.15) is 0 Å². The topological polar surface area (TPSA) is 12.0 Å². The maximum Gasteiger partial charge on any atom is -0.00488 e. The molecule has 0 unspecified atom stereocenters. The van der Waals surface area contributed by atoms with E-state index in [4.69, 9.17) is 0 Å². The van der Waals surface area contributed by atoms with Gasteiger partial charge in [0.1, 0.15) is 0 Å². The predicted octanol–water partition coefficient (Wildman–Crippen LogP) is 4.13. The Morgan fingerprint density at radius 2 is 1.71 bits per heavy atom. The van der Waals surface area contributed by atoms with E-state index in [0.29, 0.717) is 5.92 Å². The highest BCUT2D eigenvalue weighted by molar-refractivity contribution is 5.24. The Kier molecular flexibility index (Phi) is 6.95. The van der Waals surface area contributed by atoms with E-state index >= 15 is 0 Å². The molecule has 0 spiro atoms. The maximum absolute atomic E-state index is 3.45. The molecule has 0 radical (unpaired) electrons. The first kappa shape index (κ1) is 14.2. The second-order valence-electron chi connectivity index (χ2n) is 5.10. The molecule has 1 heteroatoms. The molecule has 0 aliphatic rings. The van der Waals surface area contributed by atoms with Gasteiger partial charge in [-0.3, -0.25) is 0 Å². The monoisotopic (exact) mass is 233 g/mol. The summed E-state index contributed by atoms with van der Waals surface area (Å²) in [6.07, 6.45) is 5.02. The van der Waals surface area contributed by atoms with Gasteiger partial charge in [0.15, 0.2) is 0 Å². The van der Waals surface area contributed by atoms with Gasteiger partial charge < -0.3 is 5.32 Å². The third-order valence-electron chi connectivity index (χ3n) is 3.14. The molecule has 96 valence electrons. The Hall–Kier alpha value is -0.820. The minimum absolute atomic E-state index is 0.641. The van der Waals surface area contributed by atoms with Crippen molar-refractivity contribution in [1.29, 1.82) is 0 Å². The van der Waals surface area contributed by atoms with Crippen molar-refractivity contribution in [3.05, 3.63) is 35.4 Å². The van der Waals surface area contributed by atoms with Crippen LogP contribution >= 0.6 is 0 Å². The second-order valence-corrected chi connectivity index (χ2v) is 5.10. The number of hydrogen-bond acceptors (Lipinski definition) is 1. The minimum atomic E-state index is 0.641. The zero-order chi connectivity index (χ0) is 12.5. The van der Waals surface area contributed by atoms with Crippen LogP contribution in [0.3, 0.4) is 0 Å². The van der Waals surface area contributed by atoms with Crippen molar-refractivity contribution < 1.29 is 0 Å². The highest BCUT2D eigenvalue weighted by atomic mass is 14.8. The number of benzene rings is 1. The zero-order valence-corrected chi connectivity index (χ0v) is 11.6. The first-order valence-corrected chi connectivity index (χ1v) is 7.03. The van der Waals surface area contributed by atoms with Crippen LogP contribution < -0.4 is 5.32 Å². The maximum atomic E-state index is 3.45. The molecule has 0 atom stereocenters. The lowest BCUT2D eigenvalue weighted by atomic mass is 10.00. The van der Waals surface area contributed by atoms with Crippen LogP contribution in [0.15, 0.2) is 24.3 Å². The summed E-state index contributed by atoms with van der Waals surface area (Å²) < 4.78 is 0. The minimum Gasteiger partial charge on any atom is -0.317 e. The van der Waals surface area contributed by atoms with Crippen LogP contribution in [0.25, 0.3) is 0 Å². The van der Waals surface area contributed by atoms with Crippen LogP contribution in [0.1, 0.15) is 57.1 Å². The molecule has 1 aromatic carbocycles. The van der Waals surface area contributed by atoms with Gasteiger partial charge in [-0.1, -0.05) is 45.0 Å². The van der Waals surface area contributed by atoms with Gasteiger partial charge in [-0.25, -0.2) is 0 Å². The van der Waals surface area contributed by atoms with Gasteiger partial charge in [-0.15, -0.1) is 0 Å². The lowest BCUT2D eigenvalue weighted by molar-refractivity contribution is 0.617. The van der Waals surface area contributed by atoms with Crippen molar-refractivity contribution in [2.45, 2.75) is 52.4 Å². The first-order valence-electron chi connectivity index (χ1n) is 7.03. The second kappa shape index (κ2) is 8.30. The van der Waals surface area contributed by atoms with Gasteiger partial charge in [0.2, 0.25) is 0 Å². The van der Waals surface area contributed by atoms with Crippen LogP contribution in [-0.4, -0.2) is 13.1 Å². The van der Waals surface area contributed by atoms with Crippen LogP contribution in [-0.2, 0) is 6.42 Å². The largest absolute Gasteiger partial charge is 0.317 e. The molecule has 0 aliphatic carbocycles. The average Bonchev–Trinajstić information content (AvgIpc) is 2.34. The molecule has 0 saturated carbocycles. The molecule has 0 aromatic heterocycles. The average molecular weight is 233 g/mol. The van der Waals surface area contributed by atoms with E-state index < -0.39 is 0 Å². The highest BCUT2D eigenvalue weighted by Gasteiger charge is 1.98. The molecule has 0 aliphatic heterocycles. The number of aryl methyl sites for hydroxylation is 1. The molecule has 17 heavy (non-hydrogen) atoms. The summed E-state index contributed by atoms with van der Waals surface area (Å²) in [4.78, 5) is 0. The zero-order valence-electron chi connectivity index (χ0n) is 11.6. The summed E-state index contributed by atoms with van der Waals surface area (Å²) in [6, 6.07) is 9.12. The van der Waals surface area contributed by atoms with E-state index in [-0.39, 0.29) is 0 Å². The summed E-state index contributed by atoms with van der Waals surface area (Å²) in [6.45, 7) is 9.02. The van der Waals surface area contributed by atoms with E-state index in [2.05, 4.69) is 50.4 Å². The number of unbranched alkanes of at least 4 members (excludes halogenated alkanes) is 1. The number of rotatable bonds is 8. The normalized spacial score (nSPS) is 11.1. The molecule has 0 fully saturated rings. The van der Waals surface area contributed by atoms with Crippen molar-refractivity contribution in [1.82, 2.24) is 5.32 Å². The molecular formula is C16H27N. The molecule has 1 aromatic rings. The van der Waals surface area contributed by atoms with Crippen molar-refractivity contribution in [2.75, 3.05) is 13.1 Å². The Morgan fingerprint density at radius 3 is 2.29 bits per heavy atom. The van der Waals surface area contributed by atoms with Gasteiger partial charge in [-0.05, 0) is 55.8 Å². The van der Waals surface area contributed by atoms with Crippen molar-refractivity contribution in [2.24, 2.45) is 0 Å². The van der Waals surface area contributed by atoms with E-state index in [9.17, 15) is 0 Å². The number of hydrogen-bond donors (Lipinski definition) is 1. The van der Waals surface area contributed by atoms with Crippen LogP contribution in [0, 0.1) is 0 Å². The Bertz CT molecular complexity index is 287. The first-order chi connectivity index (χ1) is 8.24. The molecule has 0 saturated heterocycles. The van der Waals surface area contributed by atoms with Gasteiger partial charge in [0, 0.05) is 0 Å². The lowest BCUT2D eigenvalue weighted by Gasteiger charge is -2.07. The standard InChI is InChI=1S/C16H27N/c1-4-12-17-13-6-5-7-15-8-10-16(11-9-15)14(2)3/h8-11,14,17H,4-7,12-13H2,1-3H3. The van der Waals surface area contributed by atoms with Gasteiger partial charge in [0.25, 0.3) is 0 Å². The summed E-state index contributed by atoms with van der Waals surface area (Å²) in [5, 5.41) is 3.45. The van der Waals surface area contributed by atoms with E-state index in [1.807, 2.05) is 0 Å². The predicted molar refractivity (Wildman–Crippen MR) is 76.6 cm³/mol. The molecule has 0 amide bonds. The van der Waals surface area contributed by atoms with Crippen molar-refractivity contribution >= 4 is 0 Å². The van der Waals surface area contributed by atoms with E-state index in [1.54, 1.807) is 0 Å². The fourth-order valence-electron chi connectivity index (χ4n) is 1.95. The third-order valence-corrected chi connectivity index (χ3v) is 3.14. The third kappa shape index (κ3) is 5.88. The molecule has 1 rings (SSSR count). The summed E-state index contributed by atoms with van der Waals surface area (Å²) in [5.74, 6) is 0.641. The molecule has 0 bridgehead atoms. The summed E-state index contributed by atoms with van der Waals surface area (Å²) in [7, 11) is 0. The van der Waals surface area contributed by atoms with Crippen molar-refractivity contribution in [3.8, 4) is 0 Å². The Morgan fingerprint density at radius 1 is 1.00 bits per heavy atom. The number of nitrogens with one attached hydrogen (secondary N) is 1. The van der Waals surface area contributed by atoms with E-state index in [0.717, 1.165) is 13.1 Å². The van der Waals surface area contributed by atoms with Crippen molar-refractivity contribution in [3.63, 3.8) is 0 Å². The molecule has 1 N–H and O–H groups in total. The SMILES string of the molecule is CCCNCCCCc1ccc(C(C)C)cc1. The van der Waals surface area contributed by atoms with Gasteiger partial charge >= 0.3 is 0 Å².